The molecule has 114 valence electrons. The molecule has 2 atom stereocenters. The van der Waals surface area contributed by atoms with Crippen molar-refractivity contribution in [1.82, 2.24) is 4.90 Å². The second-order valence-electron chi connectivity index (χ2n) is 6.09. The zero-order valence-electron chi connectivity index (χ0n) is 11.9. The summed E-state index contributed by atoms with van der Waals surface area (Å²) in [5.74, 6) is 0.219. The Kier molecular flexibility index (Phi) is 4.18. The summed E-state index contributed by atoms with van der Waals surface area (Å²) in [5.41, 5.74) is 6.18. The number of nitrogens with zero attached hydrogens (tertiary/aromatic N) is 1. The van der Waals surface area contributed by atoms with E-state index in [1.165, 1.54) is 6.07 Å². The monoisotopic (exact) mass is 310 g/mol. The van der Waals surface area contributed by atoms with E-state index in [1.54, 1.807) is 12.1 Å². The molecule has 3 nitrogen and oxygen atoms in total. The lowest BCUT2D eigenvalue weighted by Gasteiger charge is -2.31. The Morgan fingerprint density at radius 1 is 1.38 bits per heavy atom. The van der Waals surface area contributed by atoms with Crippen LogP contribution in [0.2, 0.25) is 5.02 Å². The number of nitrogens with two attached hydrogens (primary N) is 1. The van der Waals surface area contributed by atoms with E-state index in [1.807, 2.05) is 4.90 Å². The summed E-state index contributed by atoms with van der Waals surface area (Å²) in [6.45, 7) is 2.24. The van der Waals surface area contributed by atoms with Gasteiger partial charge in [-0.2, -0.15) is 0 Å². The minimum atomic E-state index is -0.301. The van der Waals surface area contributed by atoms with Gasteiger partial charge in [-0.15, -0.1) is 0 Å². The summed E-state index contributed by atoms with van der Waals surface area (Å²) < 4.78 is 13.9. The second kappa shape index (κ2) is 5.93. The topological polar surface area (TPSA) is 46.3 Å². The first-order valence-corrected chi connectivity index (χ1v) is 7.92. The molecule has 0 bridgehead atoms. The number of piperidine rings is 1. The van der Waals surface area contributed by atoms with Crippen molar-refractivity contribution in [3.05, 3.63) is 34.6 Å². The van der Waals surface area contributed by atoms with Crippen LogP contribution in [0.25, 0.3) is 0 Å². The van der Waals surface area contributed by atoms with Gasteiger partial charge in [0, 0.05) is 35.5 Å². The average molecular weight is 311 g/mol. The highest BCUT2D eigenvalue weighted by atomic mass is 35.5. The fourth-order valence-electron chi connectivity index (χ4n) is 3.28. The van der Waals surface area contributed by atoms with Gasteiger partial charge in [0.15, 0.2) is 0 Å². The molecule has 0 spiro atoms. The predicted molar refractivity (Wildman–Crippen MR) is 80.6 cm³/mol. The lowest BCUT2D eigenvalue weighted by atomic mass is 9.96. The molecule has 2 fully saturated rings. The van der Waals surface area contributed by atoms with Gasteiger partial charge in [-0.3, -0.25) is 4.79 Å². The summed E-state index contributed by atoms with van der Waals surface area (Å²) in [7, 11) is 0. The smallest absolute Gasteiger partial charge is 0.226 e. The molecule has 2 unspecified atom stereocenters. The van der Waals surface area contributed by atoms with Crippen molar-refractivity contribution < 1.29 is 9.18 Å². The van der Waals surface area contributed by atoms with Gasteiger partial charge in [0.2, 0.25) is 5.91 Å². The van der Waals surface area contributed by atoms with Gasteiger partial charge >= 0.3 is 0 Å². The van der Waals surface area contributed by atoms with Crippen LogP contribution in [0.5, 0.6) is 0 Å². The second-order valence-corrected chi connectivity index (χ2v) is 6.50. The van der Waals surface area contributed by atoms with E-state index in [2.05, 4.69) is 0 Å². The molecule has 5 heteroatoms. The van der Waals surface area contributed by atoms with Crippen LogP contribution < -0.4 is 5.73 Å². The first kappa shape index (κ1) is 14.8. The lowest BCUT2D eigenvalue weighted by molar-refractivity contribution is -0.134. The molecule has 1 saturated carbocycles. The van der Waals surface area contributed by atoms with Crippen molar-refractivity contribution in [2.24, 2.45) is 17.6 Å². The Morgan fingerprint density at radius 2 is 2.10 bits per heavy atom. The van der Waals surface area contributed by atoms with Gasteiger partial charge in [0.25, 0.3) is 0 Å². The summed E-state index contributed by atoms with van der Waals surface area (Å²) in [6.07, 6.45) is 2.65. The molecule has 1 aromatic rings. The highest BCUT2D eigenvalue weighted by Crippen LogP contribution is 2.51. The first-order valence-electron chi connectivity index (χ1n) is 7.54. The number of likely N-dealkylation sites (tertiary alicyclic amines) is 1. The summed E-state index contributed by atoms with van der Waals surface area (Å²) in [4.78, 5) is 14.4. The van der Waals surface area contributed by atoms with Crippen molar-refractivity contribution in [1.29, 1.82) is 0 Å². The molecule has 0 radical (unpaired) electrons. The van der Waals surface area contributed by atoms with Crippen molar-refractivity contribution in [2.45, 2.75) is 25.2 Å². The number of amides is 1. The Morgan fingerprint density at radius 3 is 2.71 bits per heavy atom. The van der Waals surface area contributed by atoms with Gasteiger partial charge < -0.3 is 10.6 Å². The van der Waals surface area contributed by atoms with Crippen LogP contribution in [0, 0.1) is 17.7 Å². The molecule has 1 heterocycles. The third-order valence-electron chi connectivity index (χ3n) is 4.74. The van der Waals surface area contributed by atoms with E-state index < -0.39 is 0 Å². The Labute approximate surface area is 129 Å². The van der Waals surface area contributed by atoms with Gasteiger partial charge in [-0.25, -0.2) is 4.39 Å². The van der Waals surface area contributed by atoms with E-state index >= 15 is 0 Å². The molecule has 1 aliphatic carbocycles. The number of rotatable bonds is 3. The maximum atomic E-state index is 13.9. The molecule has 1 aliphatic heterocycles. The molecular formula is C16H20ClFN2O. The van der Waals surface area contributed by atoms with E-state index in [0.29, 0.717) is 29.5 Å². The summed E-state index contributed by atoms with van der Waals surface area (Å²) in [6, 6.07) is 4.69. The number of hydrogen-bond acceptors (Lipinski definition) is 2. The van der Waals surface area contributed by atoms with Crippen LogP contribution in [0.4, 0.5) is 4.39 Å². The van der Waals surface area contributed by atoms with E-state index in [4.69, 9.17) is 17.3 Å². The molecule has 1 aromatic carbocycles. The molecule has 2 N–H and O–H groups in total. The van der Waals surface area contributed by atoms with Crippen LogP contribution in [0.3, 0.4) is 0 Å². The maximum Gasteiger partial charge on any atom is 0.226 e. The molecule has 2 aliphatic rings. The Bertz CT molecular complexity index is 523. The largest absolute Gasteiger partial charge is 0.342 e. The minimum absolute atomic E-state index is 0.0570. The van der Waals surface area contributed by atoms with Crippen LogP contribution in [-0.2, 0) is 4.79 Å². The van der Waals surface area contributed by atoms with Crippen molar-refractivity contribution in [2.75, 3.05) is 19.6 Å². The molecule has 1 saturated heterocycles. The van der Waals surface area contributed by atoms with Crippen LogP contribution in [-0.4, -0.2) is 30.4 Å². The number of halogens is 2. The average Bonchev–Trinajstić information content (AvgIpc) is 3.27. The third kappa shape index (κ3) is 2.92. The van der Waals surface area contributed by atoms with Gasteiger partial charge in [0.05, 0.1) is 0 Å². The number of benzene rings is 1. The van der Waals surface area contributed by atoms with Gasteiger partial charge in [-0.1, -0.05) is 17.7 Å². The van der Waals surface area contributed by atoms with Crippen molar-refractivity contribution in [3.63, 3.8) is 0 Å². The zero-order chi connectivity index (χ0) is 15.0. The first-order chi connectivity index (χ1) is 10.1. The van der Waals surface area contributed by atoms with Crippen molar-refractivity contribution >= 4 is 17.5 Å². The number of hydrogen-bond donors (Lipinski definition) is 1. The molecule has 21 heavy (non-hydrogen) atoms. The van der Waals surface area contributed by atoms with E-state index in [-0.39, 0.29) is 23.6 Å². The Hall–Kier alpha value is -1.13. The predicted octanol–water partition coefficient (Wildman–Crippen LogP) is 2.78. The lowest BCUT2D eigenvalue weighted by Crippen LogP contribution is -2.41. The van der Waals surface area contributed by atoms with Crippen LogP contribution in [0.1, 0.15) is 30.7 Å². The van der Waals surface area contributed by atoms with E-state index in [9.17, 15) is 9.18 Å². The van der Waals surface area contributed by atoms with Crippen molar-refractivity contribution in [3.8, 4) is 0 Å². The van der Waals surface area contributed by atoms with Crippen LogP contribution in [0.15, 0.2) is 18.2 Å². The third-order valence-corrected chi connectivity index (χ3v) is 5.07. The highest BCUT2D eigenvalue weighted by Gasteiger charge is 2.48. The fraction of sp³-hybridized carbons (Fsp3) is 0.562. The number of carbonyl (C=O) groups excluding carboxylic acids is 1. The summed E-state index contributed by atoms with van der Waals surface area (Å²) in [5, 5.41) is 0.428. The fourth-order valence-corrected chi connectivity index (χ4v) is 3.58. The van der Waals surface area contributed by atoms with Gasteiger partial charge in [0.1, 0.15) is 5.82 Å². The van der Waals surface area contributed by atoms with Gasteiger partial charge in [-0.05, 0) is 43.9 Å². The normalized spacial score (nSPS) is 26.0. The molecule has 1 amide bonds. The standard InChI is InChI=1S/C16H20ClFN2O/c17-13-2-1-3-14(18)15(13)11-8-12(11)16(21)20-6-4-10(9-19)5-7-20/h1-3,10-12H,4-9,19H2. The molecule has 0 aromatic heterocycles. The summed E-state index contributed by atoms with van der Waals surface area (Å²) >= 11 is 6.08. The maximum absolute atomic E-state index is 13.9. The zero-order valence-corrected chi connectivity index (χ0v) is 12.7. The number of carbonyl (C=O) groups is 1. The quantitative estimate of drug-likeness (QED) is 0.933. The molecular weight excluding hydrogens is 291 g/mol. The minimum Gasteiger partial charge on any atom is -0.342 e. The highest BCUT2D eigenvalue weighted by molar-refractivity contribution is 6.31. The Balaban J connectivity index is 1.64. The van der Waals surface area contributed by atoms with E-state index in [0.717, 1.165) is 25.9 Å². The SMILES string of the molecule is NCC1CCN(C(=O)C2CC2c2c(F)cccc2Cl)CC1. The van der Waals surface area contributed by atoms with Crippen LogP contribution >= 0.6 is 11.6 Å². The molecule has 3 rings (SSSR count).